The second-order valence-electron chi connectivity index (χ2n) is 2.92. The predicted molar refractivity (Wildman–Crippen MR) is 56.8 cm³/mol. The van der Waals surface area contributed by atoms with Crippen molar-refractivity contribution in [3.05, 3.63) is 11.5 Å². The van der Waals surface area contributed by atoms with Crippen LogP contribution >= 0.6 is 0 Å². The van der Waals surface area contributed by atoms with Crippen LogP contribution in [0.1, 0.15) is 13.8 Å². The van der Waals surface area contributed by atoms with Crippen molar-refractivity contribution in [2.75, 3.05) is 14.2 Å². The van der Waals surface area contributed by atoms with Gasteiger partial charge in [-0.3, -0.25) is 19.4 Å². The van der Waals surface area contributed by atoms with E-state index in [1.807, 2.05) is 0 Å². The minimum atomic E-state index is -1.40. The summed E-state index contributed by atoms with van der Waals surface area (Å²) >= 11 is 0. The Kier molecular flexibility index (Phi) is 7.55. The summed E-state index contributed by atoms with van der Waals surface area (Å²) in [6.45, 7) is 1.88. The zero-order valence-corrected chi connectivity index (χ0v) is 11.1. The Labute approximate surface area is 113 Å². The number of esters is 2. The smallest absolute Gasteiger partial charge is 0.412 e. The summed E-state index contributed by atoms with van der Waals surface area (Å²) in [5.41, 5.74) is 0. The molecule has 0 atom stereocenters. The lowest BCUT2D eigenvalue weighted by Gasteiger charge is -2.10. The highest BCUT2D eigenvalue weighted by Gasteiger charge is 2.31. The van der Waals surface area contributed by atoms with Crippen LogP contribution in [0.25, 0.3) is 0 Å². The Hall–Kier alpha value is -2.46. The Balaban J connectivity index is 5.68. The SMILES string of the molecule is COOC(=O)/C(OC(C)=O)=C(\OC(C)=O)C(=O)OOC. The molecule has 10 nitrogen and oxygen atoms in total. The van der Waals surface area contributed by atoms with Crippen LogP contribution in [-0.4, -0.2) is 38.1 Å². The summed E-state index contributed by atoms with van der Waals surface area (Å²) in [5, 5.41) is 0. The Morgan fingerprint density at radius 1 is 0.650 bits per heavy atom. The predicted octanol–water partition coefficient (Wildman–Crippen LogP) is -0.467. The van der Waals surface area contributed by atoms with Crippen molar-refractivity contribution < 1.29 is 48.2 Å². The van der Waals surface area contributed by atoms with Crippen LogP contribution < -0.4 is 0 Å². The summed E-state index contributed by atoms with van der Waals surface area (Å²) in [7, 11) is 1.98. The van der Waals surface area contributed by atoms with Gasteiger partial charge < -0.3 is 9.47 Å². The number of hydrogen-bond acceptors (Lipinski definition) is 10. The number of ether oxygens (including phenoxy) is 2. The minimum absolute atomic E-state index is 0.938. The van der Waals surface area contributed by atoms with E-state index in [9.17, 15) is 19.2 Å². The molecule has 0 rings (SSSR count). The molecule has 0 aromatic rings. The molecule has 0 bridgehead atoms. The molecule has 0 aromatic heterocycles. The fraction of sp³-hybridized carbons (Fsp3) is 0.400. The average Bonchev–Trinajstić information content (AvgIpc) is 2.33. The Bertz CT molecular complexity index is 395. The molecular formula is C10H12O10. The first kappa shape index (κ1) is 17.5. The molecule has 0 aromatic carbocycles. The van der Waals surface area contributed by atoms with E-state index in [4.69, 9.17) is 0 Å². The van der Waals surface area contributed by atoms with Gasteiger partial charge in [0, 0.05) is 13.8 Å². The van der Waals surface area contributed by atoms with Gasteiger partial charge in [0.2, 0.25) is 0 Å². The number of hydrogen-bond donors (Lipinski definition) is 0. The summed E-state index contributed by atoms with van der Waals surface area (Å²) in [5.74, 6) is -6.82. The molecule has 112 valence electrons. The van der Waals surface area contributed by atoms with Crippen molar-refractivity contribution in [2.24, 2.45) is 0 Å². The lowest BCUT2D eigenvalue weighted by atomic mass is 10.4. The topological polar surface area (TPSA) is 124 Å². The third kappa shape index (κ3) is 5.93. The normalized spacial score (nSPS) is 11.0. The second kappa shape index (κ2) is 8.61. The highest BCUT2D eigenvalue weighted by atomic mass is 17.2. The molecule has 0 unspecified atom stereocenters. The van der Waals surface area contributed by atoms with E-state index in [1.165, 1.54) is 0 Å². The van der Waals surface area contributed by atoms with E-state index in [0.717, 1.165) is 28.1 Å². The molecule has 0 spiro atoms. The quantitative estimate of drug-likeness (QED) is 0.208. The van der Waals surface area contributed by atoms with Gasteiger partial charge in [-0.1, -0.05) is 0 Å². The van der Waals surface area contributed by atoms with Crippen LogP contribution in [0.4, 0.5) is 0 Å². The molecule has 0 aliphatic carbocycles. The van der Waals surface area contributed by atoms with Crippen molar-refractivity contribution in [1.29, 1.82) is 0 Å². The van der Waals surface area contributed by atoms with Gasteiger partial charge in [0.15, 0.2) is 0 Å². The van der Waals surface area contributed by atoms with E-state index in [2.05, 4.69) is 29.0 Å². The first-order valence-electron chi connectivity index (χ1n) is 4.94. The van der Waals surface area contributed by atoms with E-state index < -0.39 is 35.4 Å². The zero-order chi connectivity index (χ0) is 15.7. The number of carbonyl (C=O) groups is 4. The van der Waals surface area contributed by atoms with Gasteiger partial charge in [0.1, 0.15) is 0 Å². The third-order valence-corrected chi connectivity index (χ3v) is 1.39. The molecule has 0 radical (unpaired) electrons. The van der Waals surface area contributed by atoms with Gasteiger partial charge in [-0.05, 0) is 0 Å². The van der Waals surface area contributed by atoms with Crippen molar-refractivity contribution in [1.82, 2.24) is 0 Å². The zero-order valence-electron chi connectivity index (χ0n) is 11.1. The maximum Gasteiger partial charge on any atom is 0.412 e. The molecule has 10 heteroatoms. The fourth-order valence-corrected chi connectivity index (χ4v) is 0.876. The molecule has 0 aliphatic heterocycles. The standard InChI is InChI=1S/C10H12O10/c1-5(11)17-7(9(13)19-15-3)8(18-6(2)12)10(14)20-16-4/h1-4H3/b8-7+. The van der Waals surface area contributed by atoms with Gasteiger partial charge in [0.25, 0.3) is 11.5 Å². The van der Waals surface area contributed by atoms with E-state index in [0.29, 0.717) is 0 Å². The molecule has 0 N–H and O–H groups in total. The van der Waals surface area contributed by atoms with Crippen LogP contribution in [0.5, 0.6) is 0 Å². The minimum Gasteiger partial charge on any atom is -0.414 e. The van der Waals surface area contributed by atoms with Gasteiger partial charge in [-0.15, -0.1) is 0 Å². The lowest BCUT2D eigenvalue weighted by molar-refractivity contribution is -0.257. The summed E-state index contributed by atoms with van der Waals surface area (Å²) in [6.07, 6.45) is 0. The van der Waals surface area contributed by atoms with Crippen molar-refractivity contribution in [3.8, 4) is 0 Å². The van der Waals surface area contributed by atoms with Crippen LogP contribution in [-0.2, 0) is 48.2 Å². The monoisotopic (exact) mass is 292 g/mol. The third-order valence-electron chi connectivity index (χ3n) is 1.39. The van der Waals surface area contributed by atoms with E-state index >= 15 is 0 Å². The lowest BCUT2D eigenvalue weighted by Crippen LogP contribution is -2.22. The maximum atomic E-state index is 11.5. The molecule has 0 saturated heterocycles. The van der Waals surface area contributed by atoms with Crippen LogP contribution in [0.15, 0.2) is 11.5 Å². The van der Waals surface area contributed by atoms with Crippen LogP contribution in [0.2, 0.25) is 0 Å². The fourth-order valence-electron chi connectivity index (χ4n) is 0.876. The summed E-state index contributed by atoms with van der Waals surface area (Å²) in [6, 6.07) is 0. The van der Waals surface area contributed by atoms with Crippen LogP contribution in [0, 0.1) is 0 Å². The van der Waals surface area contributed by atoms with E-state index in [1.54, 1.807) is 0 Å². The summed E-state index contributed by atoms with van der Waals surface area (Å²) < 4.78 is 8.90. The first-order valence-corrected chi connectivity index (χ1v) is 4.94. The molecular weight excluding hydrogens is 280 g/mol. The second-order valence-corrected chi connectivity index (χ2v) is 2.92. The molecule has 0 heterocycles. The van der Waals surface area contributed by atoms with Crippen molar-refractivity contribution in [3.63, 3.8) is 0 Å². The number of rotatable bonds is 6. The van der Waals surface area contributed by atoms with E-state index in [-0.39, 0.29) is 0 Å². The molecule has 0 aliphatic rings. The van der Waals surface area contributed by atoms with Gasteiger partial charge in [-0.25, -0.2) is 9.59 Å². The first-order chi connectivity index (χ1) is 9.33. The summed E-state index contributed by atoms with van der Waals surface area (Å²) in [4.78, 5) is 61.1. The number of carbonyl (C=O) groups excluding carboxylic acids is 4. The van der Waals surface area contributed by atoms with Crippen LogP contribution in [0.3, 0.4) is 0 Å². The highest BCUT2D eigenvalue weighted by Crippen LogP contribution is 2.14. The molecule has 0 saturated carbocycles. The average molecular weight is 292 g/mol. The van der Waals surface area contributed by atoms with Gasteiger partial charge in [-0.2, -0.15) is 9.78 Å². The molecule has 0 fully saturated rings. The molecule has 20 heavy (non-hydrogen) atoms. The van der Waals surface area contributed by atoms with Gasteiger partial charge >= 0.3 is 23.9 Å². The van der Waals surface area contributed by atoms with Crippen molar-refractivity contribution in [2.45, 2.75) is 13.8 Å². The van der Waals surface area contributed by atoms with Gasteiger partial charge in [0.05, 0.1) is 14.2 Å². The largest absolute Gasteiger partial charge is 0.414 e. The Morgan fingerprint density at radius 2 is 0.950 bits per heavy atom. The molecule has 0 amide bonds. The highest BCUT2D eigenvalue weighted by molar-refractivity contribution is 5.99. The Morgan fingerprint density at radius 3 is 1.15 bits per heavy atom. The maximum absolute atomic E-state index is 11.5. The van der Waals surface area contributed by atoms with Crippen molar-refractivity contribution >= 4 is 23.9 Å².